The maximum absolute atomic E-state index is 5.23. The molecule has 0 aromatic carbocycles. The molecule has 0 bridgehead atoms. The van der Waals surface area contributed by atoms with Gasteiger partial charge in [-0.3, -0.25) is 5.10 Å². The van der Waals surface area contributed by atoms with E-state index in [0.717, 1.165) is 48.0 Å². The lowest BCUT2D eigenvalue weighted by molar-refractivity contribution is 0.381. The van der Waals surface area contributed by atoms with E-state index in [0.29, 0.717) is 6.04 Å². The van der Waals surface area contributed by atoms with Crippen LogP contribution in [-0.2, 0) is 0 Å². The van der Waals surface area contributed by atoms with Gasteiger partial charge < -0.3 is 15.0 Å². The number of rotatable bonds is 3. The number of hydrogen-bond acceptors (Lipinski definition) is 6. The molecule has 2 unspecified atom stereocenters. The van der Waals surface area contributed by atoms with Crippen LogP contribution in [0.3, 0.4) is 0 Å². The van der Waals surface area contributed by atoms with E-state index in [-0.39, 0.29) is 0 Å². The Kier molecular flexibility index (Phi) is 3.31. The van der Waals surface area contributed by atoms with Gasteiger partial charge in [0.15, 0.2) is 5.82 Å². The Morgan fingerprint density at radius 1 is 1.43 bits per heavy atom. The number of H-pyrrole nitrogens is 1. The number of nitrogens with one attached hydrogen (secondary N) is 2. The molecule has 0 spiro atoms. The van der Waals surface area contributed by atoms with Crippen LogP contribution in [0.2, 0.25) is 0 Å². The molecule has 112 valence electrons. The molecule has 4 heterocycles. The molecule has 2 atom stereocenters. The highest BCUT2D eigenvalue weighted by Gasteiger charge is 2.36. The van der Waals surface area contributed by atoms with E-state index >= 15 is 0 Å². The number of methoxy groups -OCH3 is 1. The van der Waals surface area contributed by atoms with E-state index < -0.39 is 0 Å². The Bertz CT molecular complexity index is 624. The largest absolute Gasteiger partial charge is 0.496 e. The number of anilines is 1. The van der Waals surface area contributed by atoms with Gasteiger partial charge in [0.1, 0.15) is 5.75 Å². The fourth-order valence-electron chi connectivity index (χ4n) is 3.36. The zero-order chi connectivity index (χ0) is 14.2. The maximum atomic E-state index is 5.23. The molecule has 7 heteroatoms. The second-order valence-electron chi connectivity index (χ2n) is 5.66. The van der Waals surface area contributed by atoms with Crippen molar-refractivity contribution in [3.8, 4) is 16.5 Å². The Hall–Kier alpha value is -1.60. The van der Waals surface area contributed by atoms with E-state index in [1.165, 1.54) is 12.8 Å². The van der Waals surface area contributed by atoms with Crippen molar-refractivity contribution in [2.24, 2.45) is 5.92 Å². The number of hydrogen-bond donors (Lipinski definition) is 2. The van der Waals surface area contributed by atoms with E-state index in [2.05, 4.69) is 20.4 Å². The summed E-state index contributed by atoms with van der Waals surface area (Å²) in [5.74, 6) is 3.26. The molecule has 0 aliphatic carbocycles. The van der Waals surface area contributed by atoms with Gasteiger partial charge in [-0.1, -0.05) is 0 Å². The molecule has 2 aliphatic rings. The van der Waals surface area contributed by atoms with Gasteiger partial charge in [0, 0.05) is 37.1 Å². The molecule has 2 aromatic heterocycles. The quantitative estimate of drug-likeness (QED) is 0.904. The Morgan fingerprint density at radius 2 is 2.38 bits per heavy atom. The third-order valence-electron chi connectivity index (χ3n) is 4.45. The van der Waals surface area contributed by atoms with Crippen molar-refractivity contribution >= 4 is 17.3 Å². The standard InChI is InChI=1S/C14H19N5OS/c1-20-10-5-12(21-8-10)13-16-14(18-17-13)19-4-2-3-9-6-15-7-11(9)19/h5,8-9,11,15H,2-4,6-7H2,1H3,(H,16,17,18). The minimum absolute atomic E-state index is 0.542. The van der Waals surface area contributed by atoms with Crippen LogP contribution in [0.4, 0.5) is 5.95 Å². The zero-order valence-electron chi connectivity index (χ0n) is 12.0. The van der Waals surface area contributed by atoms with E-state index in [1.54, 1.807) is 18.4 Å². The lowest BCUT2D eigenvalue weighted by atomic mass is 9.92. The lowest BCUT2D eigenvalue weighted by Crippen LogP contribution is -2.45. The van der Waals surface area contributed by atoms with Crippen LogP contribution in [-0.4, -0.2) is 48.0 Å². The minimum Gasteiger partial charge on any atom is -0.496 e. The molecule has 2 aromatic rings. The Morgan fingerprint density at radius 3 is 3.24 bits per heavy atom. The highest BCUT2D eigenvalue weighted by Crippen LogP contribution is 2.32. The van der Waals surface area contributed by atoms with E-state index in [9.17, 15) is 0 Å². The molecule has 21 heavy (non-hydrogen) atoms. The lowest BCUT2D eigenvalue weighted by Gasteiger charge is -2.36. The van der Waals surface area contributed by atoms with Gasteiger partial charge in [0.05, 0.1) is 12.0 Å². The third kappa shape index (κ3) is 2.30. The van der Waals surface area contributed by atoms with Crippen LogP contribution in [0.15, 0.2) is 11.4 Å². The number of ether oxygens (including phenoxy) is 1. The topological polar surface area (TPSA) is 66.1 Å². The first-order chi connectivity index (χ1) is 10.3. The van der Waals surface area contributed by atoms with Gasteiger partial charge in [-0.15, -0.1) is 16.4 Å². The highest BCUT2D eigenvalue weighted by molar-refractivity contribution is 7.13. The van der Waals surface area contributed by atoms with Crippen molar-refractivity contribution in [1.82, 2.24) is 20.5 Å². The highest BCUT2D eigenvalue weighted by atomic mass is 32.1. The first-order valence-electron chi connectivity index (χ1n) is 7.38. The SMILES string of the molecule is COc1csc(-c2nc(N3CCCC4CNCC43)n[nH]2)c1. The van der Waals surface area contributed by atoms with Gasteiger partial charge >= 0.3 is 0 Å². The van der Waals surface area contributed by atoms with E-state index in [4.69, 9.17) is 9.72 Å². The number of aromatic nitrogens is 3. The predicted octanol–water partition coefficient (Wildman–Crippen LogP) is 1.73. The second-order valence-corrected chi connectivity index (χ2v) is 6.57. The normalized spacial score (nSPS) is 25.1. The van der Waals surface area contributed by atoms with E-state index in [1.807, 2.05) is 11.4 Å². The van der Waals surface area contributed by atoms with Crippen LogP contribution in [0, 0.1) is 5.92 Å². The monoisotopic (exact) mass is 305 g/mol. The summed E-state index contributed by atoms with van der Waals surface area (Å²) >= 11 is 1.62. The van der Waals surface area contributed by atoms with Crippen molar-refractivity contribution in [3.63, 3.8) is 0 Å². The number of piperidine rings is 1. The number of nitrogens with zero attached hydrogens (tertiary/aromatic N) is 3. The van der Waals surface area contributed by atoms with Crippen LogP contribution in [0.5, 0.6) is 5.75 Å². The summed E-state index contributed by atoms with van der Waals surface area (Å²) in [6, 6.07) is 2.53. The summed E-state index contributed by atoms with van der Waals surface area (Å²) in [4.78, 5) is 8.12. The predicted molar refractivity (Wildman–Crippen MR) is 83.0 cm³/mol. The first-order valence-corrected chi connectivity index (χ1v) is 8.26. The average molecular weight is 305 g/mol. The van der Waals surface area contributed by atoms with Gasteiger partial charge in [-0.25, -0.2) is 0 Å². The van der Waals surface area contributed by atoms with Crippen LogP contribution in [0.25, 0.3) is 10.7 Å². The van der Waals surface area contributed by atoms with Gasteiger partial charge in [-0.2, -0.15) is 4.98 Å². The third-order valence-corrected chi connectivity index (χ3v) is 5.37. The molecule has 2 fully saturated rings. The second kappa shape index (κ2) is 5.31. The van der Waals surface area contributed by atoms with Gasteiger partial charge in [-0.05, 0) is 18.8 Å². The summed E-state index contributed by atoms with van der Waals surface area (Å²) in [5, 5.41) is 13.0. The molecule has 0 radical (unpaired) electrons. The molecular weight excluding hydrogens is 286 g/mol. The van der Waals surface area contributed by atoms with Crippen molar-refractivity contribution in [2.75, 3.05) is 31.6 Å². The average Bonchev–Trinajstić information content (AvgIpc) is 3.25. The maximum Gasteiger partial charge on any atom is 0.245 e. The molecular formula is C14H19N5OS. The molecule has 4 rings (SSSR count). The number of thiophene rings is 1. The minimum atomic E-state index is 0.542. The molecule has 6 nitrogen and oxygen atoms in total. The van der Waals surface area contributed by atoms with Crippen molar-refractivity contribution < 1.29 is 4.74 Å². The summed E-state index contributed by atoms with van der Waals surface area (Å²) in [6.45, 7) is 3.22. The summed E-state index contributed by atoms with van der Waals surface area (Å²) in [7, 11) is 1.68. The smallest absolute Gasteiger partial charge is 0.245 e. The Labute approximate surface area is 127 Å². The van der Waals surface area contributed by atoms with Gasteiger partial charge in [0.2, 0.25) is 5.95 Å². The zero-order valence-corrected chi connectivity index (χ0v) is 12.8. The van der Waals surface area contributed by atoms with Crippen LogP contribution < -0.4 is 15.0 Å². The number of fused-ring (bicyclic) bond motifs is 1. The van der Waals surface area contributed by atoms with Crippen molar-refractivity contribution in [3.05, 3.63) is 11.4 Å². The van der Waals surface area contributed by atoms with Crippen LogP contribution >= 0.6 is 11.3 Å². The number of aromatic amines is 1. The summed E-state index contributed by atoms with van der Waals surface area (Å²) in [5.41, 5.74) is 0. The van der Waals surface area contributed by atoms with Crippen molar-refractivity contribution in [2.45, 2.75) is 18.9 Å². The summed E-state index contributed by atoms with van der Waals surface area (Å²) in [6.07, 6.45) is 2.53. The first kappa shape index (κ1) is 13.1. The van der Waals surface area contributed by atoms with Gasteiger partial charge in [0.25, 0.3) is 0 Å². The molecule has 2 saturated heterocycles. The summed E-state index contributed by atoms with van der Waals surface area (Å²) < 4.78 is 5.23. The van der Waals surface area contributed by atoms with Crippen LogP contribution in [0.1, 0.15) is 12.8 Å². The fraction of sp³-hybridized carbons (Fsp3) is 0.571. The van der Waals surface area contributed by atoms with Crippen molar-refractivity contribution in [1.29, 1.82) is 0 Å². The molecule has 2 aliphatic heterocycles. The fourth-order valence-corrected chi connectivity index (χ4v) is 4.15. The molecule has 0 amide bonds. The Balaban J connectivity index is 1.58. The molecule has 2 N–H and O–H groups in total. The molecule has 0 saturated carbocycles.